The van der Waals surface area contributed by atoms with Gasteiger partial charge in [0.1, 0.15) is 5.82 Å². The molecule has 2 heterocycles. The van der Waals surface area contributed by atoms with Crippen molar-refractivity contribution in [3.8, 4) is 5.88 Å². The van der Waals surface area contributed by atoms with Gasteiger partial charge in [-0.3, -0.25) is 5.10 Å². The number of H-pyrrole nitrogens is 1. The van der Waals surface area contributed by atoms with Crippen LogP contribution in [0, 0.1) is 11.8 Å². The molecule has 2 aromatic heterocycles. The van der Waals surface area contributed by atoms with Crippen LogP contribution in [0.4, 0.5) is 17.6 Å². The number of aliphatic hydroxyl groups excluding tert-OH is 1. The van der Waals surface area contributed by atoms with Crippen LogP contribution in [-0.4, -0.2) is 38.4 Å². The third-order valence-electron chi connectivity index (χ3n) is 5.19. The fraction of sp³-hybridized carbons (Fsp3) is 0.588. The fourth-order valence-electron chi connectivity index (χ4n) is 4.10. The third-order valence-corrected chi connectivity index (χ3v) is 5.19. The van der Waals surface area contributed by atoms with Gasteiger partial charge in [-0.15, -0.1) is 0 Å². The molecule has 134 valence electrons. The van der Waals surface area contributed by atoms with Crippen molar-refractivity contribution in [1.29, 1.82) is 0 Å². The molecule has 0 aliphatic heterocycles. The Morgan fingerprint density at radius 1 is 1.16 bits per heavy atom. The van der Waals surface area contributed by atoms with Gasteiger partial charge in [-0.05, 0) is 31.1 Å². The molecule has 2 aromatic rings. The average Bonchev–Trinajstić information content (AvgIpc) is 3.20. The molecule has 0 aromatic carbocycles. The minimum Gasteiger partial charge on any atom is -0.481 e. The molecular weight excluding hydrogens is 320 g/mol. The first-order valence-corrected chi connectivity index (χ1v) is 8.83. The van der Waals surface area contributed by atoms with Crippen LogP contribution in [0.15, 0.2) is 12.1 Å². The van der Waals surface area contributed by atoms with Crippen molar-refractivity contribution >= 4 is 17.6 Å². The number of nitrogens with one attached hydrogen (secondary N) is 3. The molecule has 25 heavy (non-hydrogen) atoms. The molecule has 4 rings (SSSR count). The van der Waals surface area contributed by atoms with E-state index in [0.29, 0.717) is 35.2 Å². The highest BCUT2D eigenvalue weighted by Gasteiger charge is 2.34. The number of aliphatic hydroxyl groups is 1. The van der Waals surface area contributed by atoms with Gasteiger partial charge in [0.15, 0.2) is 5.82 Å². The standard InChI is InChI=1S/C17H24N6O2/c1-25-16-8-14(19-15-7-13(9-24)22-23-15)20-17(21-16)18-12-5-10-2-3-11(4-10)6-12/h7-8,10-12,24H,2-6,9H2,1H3,(H3,18,19,20,21,22,23)/t10-,11+,12?. The van der Waals surface area contributed by atoms with Gasteiger partial charge < -0.3 is 20.5 Å². The van der Waals surface area contributed by atoms with Crippen LogP contribution in [0.2, 0.25) is 0 Å². The molecule has 0 saturated heterocycles. The molecule has 2 aliphatic rings. The lowest BCUT2D eigenvalue weighted by molar-refractivity contribution is 0.276. The summed E-state index contributed by atoms with van der Waals surface area (Å²) in [6.07, 6.45) is 6.50. The van der Waals surface area contributed by atoms with Crippen LogP contribution < -0.4 is 15.4 Å². The molecule has 8 heteroatoms. The predicted molar refractivity (Wildman–Crippen MR) is 93.9 cm³/mol. The Kier molecular flexibility index (Phi) is 4.44. The second-order valence-corrected chi connectivity index (χ2v) is 7.04. The van der Waals surface area contributed by atoms with Crippen LogP contribution in [0.3, 0.4) is 0 Å². The Bertz CT molecular complexity index is 722. The normalized spacial score (nSPS) is 25.0. The van der Waals surface area contributed by atoms with Crippen molar-refractivity contribution in [1.82, 2.24) is 20.2 Å². The van der Waals surface area contributed by atoms with Gasteiger partial charge in [0.05, 0.1) is 19.4 Å². The molecule has 8 nitrogen and oxygen atoms in total. The van der Waals surface area contributed by atoms with Gasteiger partial charge in [0, 0.05) is 18.2 Å². The van der Waals surface area contributed by atoms with Crippen molar-refractivity contribution in [3.63, 3.8) is 0 Å². The number of ether oxygens (including phenoxy) is 1. The second-order valence-electron chi connectivity index (χ2n) is 7.04. The van der Waals surface area contributed by atoms with Crippen LogP contribution in [0.1, 0.15) is 37.8 Å². The number of fused-ring (bicyclic) bond motifs is 2. The molecule has 2 fully saturated rings. The van der Waals surface area contributed by atoms with Crippen LogP contribution in [-0.2, 0) is 6.61 Å². The topological polar surface area (TPSA) is 108 Å². The maximum absolute atomic E-state index is 9.12. The van der Waals surface area contributed by atoms with E-state index < -0.39 is 0 Å². The molecule has 3 atom stereocenters. The molecular formula is C17H24N6O2. The smallest absolute Gasteiger partial charge is 0.228 e. The number of hydrogen-bond acceptors (Lipinski definition) is 7. The largest absolute Gasteiger partial charge is 0.481 e. The first kappa shape index (κ1) is 16.1. The first-order valence-electron chi connectivity index (χ1n) is 8.83. The average molecular weight is 344 g/mol. The zero-order valence-electron chi connectivity index (χ0n) is 14.3. The number of nitrogens with zero attached hydrogens (tertiary/aromatic N) is 3. The van der Waals surface area contributed by atoms with E-state index in [9.17, 15) is 0 Å². The van der Waals surface area contributed by atoms with Crippen LogP contribution >= 0.6 is 0 Å². The Labute approximate surface area is 146 Å². The highest BCUT2D eigenvalue weighted by atomic mass is 16.5. The fourth-order valence-corrected chi connectivity index (χ4v) is 4.10. The van der Waals surface area contributed by atoms with E-state index in [0.717, 1.165) is 11.8 Å². The zero-order valence-corrected chi connectivity index (χ0v) is 14.3. The van der Waals surface area contributed by atoms with Gasteiger partial charge in [-0.2, -0.15) is 15.1 Å². The summed E-state index contributed by atoms with van der Waals surface area (Å²) in [5, 5.41) is 22.6. The van der Waals surface area contributed by atoms with E-state index in [4.69, 9.17) is 9.84 Å². The maximum atomic E-state index is 9.12. The lowest BCUT2D eigenvalue weighted by atomic mass is 9.85. The van der Waals surface area contributed by atoms with Crippen molar-refractivity contribution in [3.05, 3.63) is 17.8 Å². The highest BCUT2D eigenvalue weighted by molar-refractivity contribution is 5.55. The van der Waals surface area contributed by atoms with E-state index in [2.05, 4.69) is 30.8 Å². The molecule has 0 spiro atoms. The van der Waals surface area contributed by atoms with E-state index in [1.165, 1.54) is 32.1 Å². The van der Waals surface area contributed by atoms with E-state index >= 15 is 0 Å². The number of aromatic nitrogens is 4. The minimum absolute atomic E-state index is 0.0847. The van der Waals surface area contributed by atoms with Crippen molar-refractivity contribution < 1.29 is 9.84 Å². The summed E-state index contributed by atoms with van der Waals surface area (Å²) in [5.74, 6) is 3.96. The lowest BCUT2D eigenvalue weighted by Gasteiger charge is -2.28. The summed E-state index contributed by atoms with van der Waals surface area (Å²) in [7, 11) is 1.59. The van der Waals surface area contributed by atoms with E-state index in [1.807, 2.05) is 0 Å². The van der Waals surface area contributed by atoms with E-state index in [-0.39, 0.29) is 6.61 Å². The molecule has 0 amide bonds. The summed E-state index contributed by atoms with van der Waals surface area (Å²) in [4.78, 5) is 8.97. The molecule has 0 radical (unpaired) electrons. The Balaban J connectivity index is 1.49. The quantitative estimate of drug-likeness (QED) is 0.637. The molecule has 2 bridgehead atoms. The molecule has 2 saturated carbocycles. The Morgan fingerprint density at radius 3 is 2.64 bits per heavy atom. The van der Waals surface area contributed by atoms with Crippen LogP contribution in [0.25, 0.3) is 0 Å². The number of aromatic amines is 1. The highest BCUT2D eigenvalue weighted by Crippen LogP contribution is 2.42. The number of methoxy groups -OCH3 is 1. The maximum Gasteiger partial charge on any atom is 0.228 e. The van der Waals surface area contributed by atoms with Gasteiger partial charge in [0.2, 0.25) is 11.8 Å². The Morgan fingerprint density at radius 2 is 1.96 bits per heavy atom. The SMILES string of the molecule is COc1cc(Nc2cc(CO)[nH]n2)nc(NC2C[C@H]3CC[C@@H](C2)C3)n1. The van der Waals surface area contributed by atoms with Gasteiger partial charge in [0.25, 0.3) is 0 Å². The van der Waals surface area contributed by atoms with Crippen molar-refractivity contribution in [2.75, 3.05) is 17.7 Å². The summed E-state index contributed by atoms with van der Waals surface area (Å²) < 4.78 is 5.30. The third kappa shape index (κ3) is 3.68. The number of hydrogen-bond donors (Lipinski definition) is 4. The Hall–Kier alpha value is -2.35. The summed E-state index contributed by atoms with van der Waals surface area (Å²) in [6, 6.07) is 3.89. The summed E-state index contributed by atoms with van der Waals surface area (Å²) in [5.41, 5.74) is 0.638. The molecule has 4 N–H and O–H groups in total. The zero-order chi connectivity index (χ0) is 17.2. The van der Waals surface area contributed by atoms with Crippen molar-refractivity contribution in [2.45, 2.75) is 44.8 Å². The van der Waals surface area contributed by atoms with E-state index in [1.54, 1.807) is 19.2 Å². The van der Waals surface area contributed by atoms with Gasteiger partial charge in [-0.1, -0.05) is 12.8 Å². The van der Waals surface area contributed by atoms with Gasteiger partial charge >= 0.3 is 0 Å². The summed E-state index contributed by atoms with van der Waals surface area (Å²) >= 11 is 0. The predicted octanol–water partition coefficient (Wildman–Crippen LogP) is 2.43. The number of rotatable bonds is 6. The van der Waals surface area contributed by atoms with Gasteiger partial charge in [-0.25, -0.2) is 0 Å². The van der Waals surface area contributed by atoms with Crippen LogP contribution in [0.5, 0.6) is 5.88 Å². The number of anilines is 3. The summed E-state index contributed by atoms with van der Waals surface area (Å²) in [6.45, 7) is -0.0847. The minimum atomic E-state index is -0.0847. The molecule has 2 aliphatic carbocycles. The second kappa shape index (κ2) is 6.87. The lowest BCUT2D eigenvalue weighted by Crippen LogP contribution is -2.28. The first-order chi connectivity index (χ1) is 12.2. The monoisotopic (exact) mass is 344 g/mol. The van der Waals surface area contributed by atoms with Crippen molar-refractivity contribution in [2.24, 2.45) is 11.8 Å². The molecule has 1 unspecified atom stereocenters.